The summed E-state index contributed by atoms with van der Waals surface area (Å²) in [6.45, 7) is 0.385. The van der Waals surface area contributed by atoms with Crippen LogP contribution in [0.2, 0.25) is 0 Å². The molecule has 1 N–H and O–H groups in total. The van der Waals surface area contributed by atoms with Gasteiger partial charge in [0, 0.05) is 16.3 Å². The van der Waals surface area contributed by atoms with Crippen LogP contribution in [0.1, 0.15) is 15.9 Å². The van der Waals surface area contributed by atoms with E-state index in [-0.39, 0.29) is 0 Å². The highest BCUT2D eigenvalue weighted by atomic mass is 32.1. The molecule has 0 aliphatic heterocycles. The first-order valence-corrected chi connectivity index (χ1v) is 7.56. The van der Waals surface area contributed by atoms with Crippen LogP contribution in [-0.2, 0) is 6.61 Å². The molecule has 2 aromatic carbocycles. The molecule has 3 rings (SSSR count). The van der Waals surface area contributed by atoms with Crippen molar-refractivity contribution in [3.63, 3.8) is 0 Å². The van der Waals surface area contributed by atoms with Crippen LogP contribution >= 0.6 is 11.3 Å². The Morgan fingerprint density at radius 3 is 2.73 bits per heavy atom. The monoisotopic (exact) mass is 314 g/mol. The molecular formula is C17H14O4S. The van der Waals surface area contributed by atoms with Gasteiger partial charge in [-0.2, -0.15) is 0 Å². The molecule has 112 valence electrons. The minimum absolute atomic E-state index is 0.329. The number of methoxy groups -OCH3 is 1. The van der Waals surface area contributed by atoms with Gasteiger partial charge in [-0.3, -0.25) is 0 Å². The van der Waals surface area contributed by atoms with Crippen molar-refractivity contribution in [3.05, 3.63) is 59.0 Å². The van der Waals surface area contributed by atoms with E-state index < -0.39 is 5.97 Å². The molecule has 0 radical (unpaired) electrons. The Morgan fingerprint density at radius 2 is 1.95 bits per heavy atom. The van der Waals surface area contributed by atoms with Crippen molar-refractivity contribution in [1.29, 1.82) is 0 Å². The molecule has 5 heteroatoms. The summed E-state index contributed by atoms with van der Waals surface area (Å²) in [7, 11) is 1.61. The zero-order chi connectivity index (χ0) is 15.5. The van der Waals surface area contributed by atoms with Gasteiger partial charge in [0.05, 0.1) is 12.7 Å². The van der Waals surface area contributed by atoms with E-state index in [1.807, 2.05) is 35.7 Å². The maximum Gasteiger partial charge on any atom is 0.337 e. The van der Waals surface area contributed by atoms with Crippen molar-refractivity contribution in [3.8, 4) is 11.5 Å². The highest BCUT2D eigenvalue weighted by molar-refractivity contribution is 7.17. The number of carbonyl (C=O) groups is 1. The lowest BCUT2D eigenvalue weighted by atomic mass is 10.1. The van der Waals surface area contributed by atoms with Gasteiger partial charge >= 0.3 is 5.97 Å². The molecule has 1 heterocycles. The maximum absolute atomic E-state index is 11.2. The molecule has 0 saturated heterocycles. The molecule has 0 unspecified atom stereocenters. The Balaban J connectivity index is 1.85. The number of carboxylic acid groups (broad SMARTS) is 1. The number of thiophene rings is 1. The summed E-state index contributed by atoms with van der Waals surface area (Å²) in [6, 6.07) is 12.7. The molecule has 0 spiro atoms. The Hall–Kier alpha value is -2.53. The molecule has 1 aromatic heterocycles. The average Bonchev–Trinajstić information content (AvgIpc) is 2.96. The summed E-state index contributed by atoms with van der Waals surface area (Å²) in [5, 5.41) is 12.1. The number of benzene rings is 2. The summed E-state index contributed by atoms with van der Waals surface area (Å²) >= 11 is 1.43. The van der Waals surface area contributed by atoms with E-state index in [0.29, 0.717) is 17.9 Å². The van der Waals surface area contributed by atoms with Crippen LogP contribution in [0.15, 0.2) is 47.8 Å². The third-order valence-electron chi connectivity index (χ3n) is 3.35. The van der Waals surface area contributed by atoms with E-state index in [2.05, 4.69) is 0 Å². The Bertz CT molecular complexity index is 822. The van der Waals surface area contributed by atoms with Gasteiger partial charge < -0.3 is 14.6 Å². The Labute approximate surface area is 131 Å². The van der Waals surface area contributed by atoms with Crippen molar-refractivity contribution in [2.45, 2.75) is 6.61 Å². The lowest BCUT2D eigenvalue weighted by Gasteiger charge is -2.07. The standard InChI is InChI=1S/C17H14O4S/c1-20-12-4-2-5-13(8-12)21-9-11-10-22-16-14(11)6-3-7-15(16)17(18)19/h2-8,10H,9H2,1H3,(H,18,19). The summed E-state index contributed by atoms with van der Waals surface area (Å²) in [5.41, 5.74) is 1.31. The van der Waals surface area contributed by atoms with Gasteiger partial charge in [-0.15, -0.1) is 11.3 Å². The SMILES string of the molecule is COc1cccc(OCc2csc3c(C(=O)O)cccc23)c1. The first-order valence-electron chi connectivity index (χ1n) is 6.68. The maximum atomic E-state index is 11.2. The van der Waals surface area contributed by atoms with Crippen molar-refractivity contribution in [1.82, 2.24) is 0 Å². The lowest BCUT2D eigenvalue weighted by Crippen LogP contribution is -1.97. The normalized spacial score (nSPS) is 10.6. The number of hydrogen-bond donors (Lipinski definition) is 1. The van der Waals surface area contributed by atoms with E-state index >= 15 is 0 Å². The zero-order valence-corrected chi connectivity index (χ0v) is 12.7. The highest BCUT2D eigenvalue weighted by Crippen LogP contribution is 2.30. The third kappa shape index (κ3) is 2.76. The topological polar surface area (TPSA) is 55.8 Å². The predicted octanol–water partition coefficient (Wildman–Crippen LogP) is 4.19. The molecule has 22 heavy (non-hydrogen) atoms. The number of carboxylic acids is 1. The summed E-state index contributed by atoms with van der Waals surface area (Å²) in [5.74, 6) is 0.543. The first kappa shape index (κ1) is 14.4. The van der Waals surface area contributed by atoms with Crippen LogP contribution in [0.4, 0.5) is 0 Å². The molecular weight excluding hydrogens is 300 g/mol. The van der Waals surface area contributed by atoms with E-state index in [9.17, 15) is 9.90 Å². The Kier molecular flexibility index (Phi) is 3.98. The van der Waals surface area contributed by atoms with Crippen LogP contribution < -0.4 is 9.47 Å². The van der Waals surface area contributed by atoms with E-state index in [1.165, 1.54) is 11.3 Å². The van der Waals surface area contributed by atoms with Gasteiger partial charge in [0.2, 0.25) is 0 Å². The molecule has 0 fully saturated rings. The second-order valence-corrected chi connectivity index (χ2v) is 5.60. The van der Waals surface area contributed by atoms with Crippen molar-refractivity contribution >= 4 is 27.4 Å². The molecule has 0 saturated carbocycles. The van der Waals surface area contributed by atoms with Gasteiger partial charge in [0.1, 0.15) is 18.1 Å². The van der Waals surface area contributed by atoms with Crippen molar-refractivity contribution < 1.29 is 19.4 Å². The lowest BCUT2D eigenvalue weighted by molar-refractivity contribution is 0.0699. The Morgan fingerprint density at radius 1 is 1.18 bits per heavy atom. The van der Waals surface area contributed by atoms with Gasteiger partial charge in [-0.05, 0) is 29.0 Å². The van der Waals surface area contributed by atoms with Gasteiger partial charge in [0.15, 0.2) is 0 Å². The summed E-state index contributed by atoms with van der Waals surface area (Å²) in [6.07, 6.45) is 0. The smallest absolute Gasteiger partial charge is 0.337 e. The quantitative estimate of drug-likeness (QED) is 0.767. The number of fused-ring (bicyclic) bond motifs is 1. The number of ether oxygens (including phenoxy) is 2. The summed E-state index contributed by atoms with van der Waals surface area (Å²) in [4.78, 5) is 11.2. The van der Waals surface area contributed by atoms with Crippen LogP contribution in [0.5, 0.6) is 11.5 Å². The fourth-order valence-electron chi connectivity index (χ4n) is 2.24. The predicted molar refractivity (Wildman–Crippen MR) is 86.1 cm³/mol. The van der Waals surface area contributed by atoms with Crippen molar-refractivity contribution in [2.24, 2.45) is 0 Å². The van der Waals surface area contributed by atoms with Gasteiger partial charge in [-0.1, -0.05) is 18.2 Å². The summed E-state index contributed by atoms with van der Waals surface area (Å²) < 4.78 is 11.7. The first-order chi connectivity index (χ1) is 10.7. The van der Waals surface area contributed by atoms with Crippen LogP contribution in [0, 0.1) is 0 Å². The largest absolute Gasteiger partial charge is 0.497 e. The second kappa shape index (κ2) is 6.07. The molecule has 0 aliphatic carbocycles. The third-order valence-corrected chi connectivity index (χ3v) is 4.42. The zero-order valence-electron chi connectivity index (χ0n) is 11.9. The fraction of sp³-hybridized carbons (Fsp3) is 0.118. The molecule has 0 aliphatic rings. The van der Waals surface area contributed by atoms with E-state index in [0.717, 1.165) is 21.4 Å². The molecule has 0 amide bonds. The van der Waals surface area contributed by atoms with Crippen LogP contribution in [0.25, 0.3) is 10.1 Å². The number of rotatable bonds is 5. The minimum atomic E-state index is -0.910. The number of aromatic carboxylic acids is 1. The minimum Gasteiger partial charge on any atom is -0.497 e. The van der Waals surface area contributed by atoms with Crippen LogP contribution in [-0.4, -0.2) is 18.2 Å². The second-order valence-electron chi connectivity index (χ2n) is 4.72. The fourth-order valence-corrected chi connectivity index (χ4v) is 3.31. The molecule has 0 bridgehead atoms. The van der Waals surface area contributed by atoms with Gasteiger partial charge in [0.25, 0.3) is 0 Å². The molecule has 0 atom stereocenters. The van der Waals surface area contributed by atoms with E-state index in [1.54, 1.807) is 19.2 Å². The van der Waals surface area contributed by atoms with Gasteiger partial charge in [-0.25, -0.2) is 4.79 Å². The van der Waals surface area contributed by atoms with Crippen molar-refractivity contribution in [2.75, 3.05) is 7.11 Å². The molecule has 3 aromatic rings. The van der Waals surface area contributed by atoms with E-state index in [4.69, 9.17) is 9.47 Å². The molecule has 4 nitrogen and oxygen atoms in total. The highest BCUT2D eigenvalue weighted by Gasteiger charge is 2.12. The average molecular weight is 314 g/mol. The van der Waals surface area contributed by atoms with Crippen LogP contribution in [0.3, 0.4) is 0 Å². The number of hydrogen-bond acceptors (Lipinski definition) is 4.